The smallest absolute Gasteiger partial charge is 0.407 e. The molecule has 0 aliphatic carbocycles. The number of anilines is 1. The summed E-state index contributed by atoms with van der Waals surface area (Å²) in [5, 5.41) is 12.2. The van der Waals surface area contributed by atoms with Crippen LogP contribution in [0.5, 0.6) is 5.75 Å². The van der Waals surface area contributed by atoms with Gasteiger partial charge in [-0.3, -0.25) is 0 Å². The molecule has 1 aromatic heterocycles. The highest BCUT2D eigenvalue weighted by Gasteiger charge is 2.31. The van der Waals surface area contributed by atoms with Gasteiger partial charge in [-0.15, -0.1) is 11.3 Å². The first-order valence-corrected chi connectivity index (χ1v) is 9.12. The number of rotatable bonds is 4. The maximum atomic E-state index is 11.9. The monoisotopic (exact) mass is 420 g/mol. The molecule has 0 fully saturated rings. The number of amides is 1. The van der Waals surface area contributed by atoms with Crippen molar-refractivity contribution >= 4 is 45.0 Å². The molecular weight excluding hydrogens is 400 g/mol. The molecule has 1 atom stereocenters. The standard InChI is InChI=1S/C15H21BrN2O5S/c1-8(17-14(21)23-15(2,3)4)7-18-5-6-22-10-9(18)11(13(19)20)24-12(10)16/h8H,5-7H2,1-4H3,(H,17,21)(H,19,20)/t8-/m0/s1. The van der Waals surface area contributed by atoms with Crippen LogP contribution in [0.15, 0.2) is 3.79 Å². The second-order valence-electron chi connectivity index (χ2n) is 6.53. The zero-order valence-corrected chi connectivity index (χ0v) is 16.4. The minimum absolute atomic E-state index is 0.217. The second-order valence-corrected chi connectivity index (χ2v) is 8.87. The highest BCUT2D eigenvalue weighted by atomic mass is 79.9. The summed E-state index contributed by atoms with van der Waals surface area (Å²) in [4.78, 5) is 25.5. The van der Waals surface area contributed by atoms with Crippen molar-refractivity contribution in [1.29, 1.82) is 0 Å². The average Bonchev–Trinajstić information content (AvgIpc) is 2.75. The molecule has 0 saturated carbocycles. The molecule has 7 nitrogen and oxygen atoms in total. The third-order valence-corrected chi connectivity index (χ3v) is 4.96. The molecule has 0 unspecified atom stereocenters. The molecule has 1 aliphatic rings. The Hall–Kier alpha value is -1.48. The molecule has 0 saturated heterocycles. The van der Waals surface area contributed by atoms with Gasteiger partial charge in [-0.2, -0.15) is 0 Å². The number of carboxylic acids is 1. The van der Waals surface area contributed by atoms with Crippen molar-refractivity contribution in [2.24, 2.45) is 0 Å². The fourth-order valence-electron chi connectivity index (χ4n) is 2.37. The number of carbonyl (C=O) groups excluding carboxylic acids is 1. The number of nitrogens with zero attached hydrogens (tertiary/aromatic N) is 1. The number of carbonyl (C=O) groups is 2. The number of hydrogen-bond donors (Lipinski definition) is 2. The maximum absolute atomic E-state index is 11.9. The molecule has 0 spiro atoms. The summed E-state index contributed by atoms with van der Waals surface area (Å²) in [6.45, 7) is 8.71. The van der Waals surface area contributed by atoms with Gasteiger partial charge in [-0.1, -0.05) is 0 Å². The van der Waals surface area contributed by atoms with E-state index in [1.165, 1.54) is 0 Å². The number of alkyl carbamates (subject to hydrolysis) is 1. The molecule has 1 amide bonds. The number of fused-ring (bicyclic) bond motifs is 1. The first-order chi connectivity index (χ1) is 11.1. The van der Waals surface area contributed by atoms with Crippen LogP contribution >= 0.6 is 27.3 Å². The molecule has 2 N–H and O–H groups in total. The summed E-state index contributed by atoms with van der Waals surface area (Å²) in [5.74, 6) is -0.446. The summed E-state index contributed by atoms with van der Waals surface area (Å²) in [6.07, 6.45) is -0.492. The van der Waals surface area contributed by atoms with Gasteiger partial charge in [-0.05, 0) is 43.6 Å². The quantitative estimate of drug-likeness (QED) is 0.776. The predicted octanol–water partition coefficient (Wildman–Crippen LogP) is 3.32. The van der Waals surface area contributed by atoms with Crippen LogP contribution in [-0.4, -0.2) is 48.5 Å². The third-order valence-electron chi connectivity index (χ3n) is 3.18. The predicted molar refractivity (Wildman–Crippen MR) is 95.5 cm³/mol. The Balaban J connectivity index is 2.10. The van der Waals surface area contributed by atoms with Crippen molar-refractivity contribution in [1.82, 2.24) is 5.32 Å². The van der Waals surface area contributed by atoms with E-state index in [2.05, 4.69) is 21.2 Å². The molecule has 1 aromatic rings. The van der Waals surface area contributed by atoms with Gasteiger partial charge in [0.2, 0.25) is 0 Å². The van der Waals surface area contributed by atoms with Crippen molar-refractivity contribution in [3.05, 3.63) is 8.66 Å². The fraction of sp³-hybridized carbons (Fsp3) is 0.600. The molecular formula is C15H21BrN2O5S. The van der Waals surface area contributed by atoms with Crippen molar-refractivity contribution in [3.8, 4) is 5.75 Å². The number of nitrogens with one attached hydrogen (secondary N) is 1. The van der Waals surface area contributed by atoms with Crippen LogP contribution in [0.4, 0.5) is 10.5 Å². The summed E-state index contributed by atoms with van der Waals surface area (Å²) < 4.78 is 11.5. The van der Waals surface area contributed by atoms with E-state index in [1.54, 1.807) is 20.8 Å². The van der Waals surface area contributed by atoms with Crippen LogP contribution in [0.25, 0.3) is 0 Å². The summed E-state index contributed by atoms with van der Waals surface area (Å²) >= 11 is 4.48. The normalized spacial score (nSPS) is 15.3. The van der Waals surface area contributed by atoms with Gasteiger partial charge < -0.3 is 24.8 Å². The highest BCUT2D eigenvalue weighted by molar-refractivity contribution is 9.11. The third kappa shape index (κ3) is 4.54. The summed E-state index contributed by atoms with van der Waals surface area (Å²) in [6, 6.07) is -0.217. The van der Waals surface area contributed by atoms with Crippen LogP contribution in [0.1, 0.15) is 37.4 Å². The molecule has 2 rings (SSSR count). The number of halogens is 1. The first kappa shape index (κ1) is 18.9. The van der Waals surface area contributed by atoms with Crippen molar-refractivity contribution in [3.63, 3.8) is 0 Å². The van der Waals surface area contributed by atoms with E-state index in [9.17, 15) is 14.7 Å². The molecule has 24 heavy (non-hydrogen) atoms. The lowest BCUT2D eigenvalue weighted by atomic mass is 10.2. The lowest BCUT2D eigenvalue weighted by Crippen LogP contribution is -2.46. The fourth-order valence-corrected chi connectivity index (χ4v) is 4.00. The van der Waals surface area contributed by atoms with Gasteiger partial charge in [0.25, 0.3) is 0 Å². The maximum Gasteiger partial charge on any atom is 0.407 e. The highest BCUT2D eigenvalue weighted by Crippen LogP contribution is 2.47. The van der Waals surface area contributed by atoms with Gasteiger partial charge in [0, 0.05) is 12.6 Å². The van der Waals surface area contributed by atoms with Gasteiger partial charge in [-0.25, -0.2) is 9.59 Å². The first-order valence-electron chi connectivity index (χ1n) is 7.51. The topological polar surface area (TPSA) is 88.1 Å². The van der Waals surface area contributed by atoms with E-state index >= 15 is 0 Å². The molecule has 1 aliphatic heterocycles. The minimum Gasteiger partial charge on any atom is -0.487 e. The van der Waals surface area contributed by atoms with E-state index in [1.807, 2.05) is 11.8 Å². The van der Waals surface area contributed by atoms with Gasteiger partial charge >= 0.3 is 12.1 Å². The van der Waals surface area contributed by atoms with Crippen molar-refractivity contribution < 1.29 is 24.2 Å². The zero-order chi connectivity index (χ0) is 18.1. The Bertz CT molecular complexity index is 641. The van der Waals surface area contributed by atoms with E-state index in [0.717, 1.165) is 11.3 Å². The largest absolute Gasteiger partial charge is 0.487 e. The second kappa shape index (κ2) is 7.18. The van der Waals surface area contributed by atoms with E-state index < -0.39 is 17.7 Å². The summed E-state index contributed by atoms with van der Waals surface area (Å²) in [5.41, 5.74) is -0.00608. The number of ether oxygens (including phenoxy) is 2. The van der Waals surface area contributed by atoms with E-state index in [4.69, 9.17) is 9.47 Å². The van der Waals surface area contributed by atoms with Crippen molar-refractivity contribution in [2.45, 2.75) is 39.3 Å². The Morgan fingerprint density at radius 3 is 2.75 bits per heavy atom. The lowest BCUT2D eigenvalue weighted by Gasteiger charge is -2.32. The van der Waals surface area contributed by atoms with Gasteiger partial charge in [0.05, 0.1) is 6.54 Å². The molecule has 2 heterocycles. The average molecular weight is 421 g/mol. The van der Waals surface area contributed by atoms with E-state index in [0.29, 0.717) is 34.9 Å². The molecule has 9 heteroatoms. The van der Waals surface area contributed by atoms with Crippen LogP contribution in [0.2, 0.25) is 0 Å². The molecule has 0 aromatic carbocycles. The lowest BCUT2D eigenvalue weighted by molar-refractivity contribution is 0.0508. The number of hydrogen-bond acceptors (Lipinski definition) is 6. The van der Waals surface area contributed by atoms with Crippen LogP contribution in [0, 0.1) is 0 Å². The van der Waals surface area contributed by atoms with Crippen LogP contribution in [0.3, 0.4) is 0 Å². The summed E-state index contributed by atoms with van der Waals surface area (Å²) in [7, 11) is 0. The van der Waals surface area contributed by atoms with Crippen molar-refractivity contribution in [2.75, 3.05) is 24.6 Å². The molecule has 134 valence electrons. The van der Waals surface area contributed by atoms with E-state index in [-0.39, 0.29) is 10.9 Å². The van der Waals surface area contributed by atoms with Crippen LogP contribution < -0.4 is 15.0 Å². The number of thiophene rings is 1. The Morgan fingerprint density at radius 1 is 1.50 bits per heavy atom. The SMILES string of the molecule is C[C@@H](CN1CCOc2c(Br)sc(C(=O)O)c21)NC(=O)OC(C)(C)C. The number of carboxylic acid groups (broad SMARTS) is 1. The van der Waals surface area contributed by atoms with Gasteiger partial charge in [0.15, 0.2) is 5.75 Å². The van der Waals surface area contributed by atoms with Crippen LogP contribution in [-0.2, 0) is 4.74 Å². The molecule has 0 radical (unpaired) electrons. The Morgan fingerprint density at radius 2 is 2.17 bits per heavy atom. The van der Waals surface area contributed by atoms with Gasteiger partial charge in [0.1, 0.15) is 26.6 Å². The Labute approximate surface area is 153 Å². The molecule has 0 bridgehead atoms. The Kier molecular flexibility index (Phi) is 5.64. The zero-order valence-electron chi connectivity index (χ0n) is 14.0. The minimum atomic E-state index is -0.995. The number of aromatic carboxylic acids is 1.